The van der Waals surface area contributed by atoms with Crippen LogP contribution in [0.2, 0.25) is 0 Å². The molecule has 1 N–H and O–H groups in total. The molecule has 0 radical (unpaired) electrons. The van der Waals surface area contributed by atoms with Crippen LogP contribution in [0.1, 0.15) is 26.2 Å². The summed E-state index contributed by atoms with van der Waals surface area (Å²) in [6.45, 7) is 3.45. The highest BCUT2D eigenvalue weighted by Gasteiger charge is 2.02. The molecule has 1 unspecified atom stereocenters. The van der Waals surface area contributed by atoms with Gasteiger partial charge in [-0.15, -0.1) is 0 Å². The van der Waals surface area contributed by atoms with Gasteiger partial charge in [0.1, 0.15) is 0 Å². The van der Waals surface area contributed by atoms with Crippen LogP contribution < -0.4 is 5.32 Å². The molecule has 0 aliphatic heterocycles. The Morgan fingerprint density at radius 3 is 2.46 bits per heavy atom. The zero-order valence-electron chi connectivity index (χ0n) is 9.14. The third-order valence-electron chi connectivity index (χ3n) is 2.07. The number of hydrogen-bond acceptors (Lipinski definition) is 3. The number of nitrogens with one attached hydrogen (secondary N) is 1. The maximum absolute atomic E-state index is 3.60. The van der Waals surface area contributed by atoms with Gasteiger partial charge in [0.05, 0.1) is 0 Å². The molecule has 0 spiro atoms. The molecule has 0 amide bonds. The zero-order valence-corrected chi connectivity index (χ0v) is 10.8. The summed E-state index contributed by atoms with van der Waals surface area (Å²) in [5, 5.41) is 3.60. The maximum Gasteiger partial charge on any atom is 0.0155 e. The van der Waals surface area contributed by atoms with Crippen LogP contribution in [0, 0.1) is 0 Å². The first kappa shape index (κ1) is 13.7. The van der Waals surface area contributed by atoms with Crippen molar-refractivity contribution in [3.05, 3.63) is 0 Å². The van der Waals surface area contributed by atoms with E-state index in [4.69, 9.17) is 0 Å². The van der Waals surface area contributed by atoms with Crippen LogP contribution in [0.3, 0.4) is 0 Å². The average Bonchev–Trinajstić information content (AvgIpc) is 2.16. The Labute approximate surface area is 91.8 Å². The Morgan fingerprint density at radius 1 is 1.15 bits per heavy atom. The molecule has 0 aliphatic rings. The predicted molar refractivity (Wildman–Crippen MR) is 68.1 cm³/mol. The normalized spacial score (nSPS) is 13.2. The monoisotopic (exact) mass is 221 g/mol. The minimum atomic E-state index is 0.726. The Morgan fingerprint density at radius 2 is 1.92 bits per heavy atom. The Hall–Kier alpha value is 0.660. The van der Waals surface area contributed by atoms with Crippen LogP contribution in [0.5, 0.6) is 0 Å². The Balaban J connectivity index is 3.17. The van der Waals surface area contributed by atoms with Crippen molar-refractivity contribution in [1.82, 2.24) is 5.32 Å². The molecule has 3 heteroatoms. The van der Waals surface area contributed by atoms with Crippen LogP contribution in [-0.2, 0) is 0 Å². The minimum absolute atomic E-state index is 0.726. The van der Waals surface area contributed by atoms with Crippen molar-refractivity contribution in [2.24, 2.45) is 0 Å². The first-order chi connectivity index (χ1) is 6.35. The van der Waals surface area contributed by atoms with Gasteiger partial charge in [-0.05, 0) is 44.1 Å². The van der Waals surface area contributed by atoms with E-state index >= 15 is 0 Å². The largest absolute Gasteiger partial charge is 0.313 e. The van der Waals surface area contributed by atoms with Crippen LogP contribution >= 0.6 is 23.5 Å². The third kappa shape index (κ3) is 8.98. The molecular weight excluding hydrogens is 198 g/mol. The van der Waals surface area contributed by atoms with Crippen LogP contribution in [0.4, 0.5) is 0 Å². The lowest BCUT2D eigenvalue weighted by Crippen LogP contribution is -2.31. The van der Waals surface area contributed by atoms with Gasteiger partial charge in [-0.1, -0.05) is 6.92 Å². The van der Waals surface area contributed by atoms with Crippen LogP contribution in [0.15, 0.2) is 0 Å². The standard InChI is InChI=1S/C10H23NS2/c1-4-10(9-13-3)11-7-5-6-8-12-2/h10-11H,4-9H2,1-3H3. The van der Waals surface area contributed by atoms with E-state index in [1.54, 1.807) is 0 Å². The number of thioether (sulfide) groups is 2. The van der Waals surface area contributed by atoms with Gasteiger partial charge in [-0.2, -0.15) is 23.5 Å². The van der Waals surface area contributed by atoms with Crippen molar-refractivity contribution in [2.75, 3.05) is 30.6 Å². The minimum Gasteiger partial charge on any atom is -0.313 e. The van der Waals surface area contributed by atoms with Gasteiger partial charge < -0.3 is 5.32 Å². The molecule has 0 aromatic rings. The second kappa shape index (κ2) is 10.7. The second-order valence-corrected chi connectivity index (χ2v) is 5.11. The Kier molecular flexibility index (Phi) is 11.3. The van der Waals surface area contributed by atoms with Gasteiger partial charge in [-0.3, -0.25) is 0 Å². The fourth-order valence-electron chi connectivity index (χ4n) is 1.20. The smallest absolute Gasteiger partial charge is 0.0155 e. The van der Waals surface area contributed by atoms with Gasteiger partial charge in [0.2, 0.25) is 0 Å². The van der Waals surface area contributed by atoms with Crippen molar-refractivity contribution in [1.29, 1.82) is 0 Å². The number of rotatable bonds is 9. The highest BCUT2D eigenvalue weighted by molar-refractivity contribution is 7.98. The molecule has 0 aromatic heterocycles. The summed E-state index contributed by atoms with van der Waals surface area (Å²) in [7, 11) is 0. The summed E-state index contributed by atoms with van der Waals surface area (Å²) in [4.78, 5) is 0. The summed E-state index contributed by atoms with van der Waals surface area (Å²) >= 11 is 3.88. The predicted octanol–water partition coefficient (Wildman–Crippen LogP) is 2.86. The lowest BCUT2D eigenvalue weighted by molar-refractivity contribution is 0.528. The molecule has 0 saturated heterocycles. The van der Waals surface area contributed by atoms with E-state index in [1.807, 2.05) is 23.5 Å². The average molecular weight is 221 g/mol. The van der Waals surface area contributed by atoms with Gasteiger partial charge in [0.25, 0.3) is 0 Å². The quantitative estimate of drug-likeness (QED) is 0.601. The molecule has 0 fully saturated rings. The van der Waals surface area contributed by atoms with Crippen molar-refractivity contribution >= 4 is 23.5 Å². The molecule has 0 aliphatic carbocycles. The van der Waals surface area contributed by atoms with E-state index < -0.39 is 0 Å². The maximum atomic E-state index is 3.60. The van der Waals surface area contributed by atoms with E-state index in [0.717, 1.165) is 6.04 Å². The van der Waals surface area contributed by atoms with E-state index in [1.165, 1.54) is 37.3 Å². The molecule has 13 heavy (non-hydrogen) atoms. The summed E-state index contributed by atoms with van der Waals surface area (Å²) in [6, 6.07) is 0.726. The number of unbranched alkanes of at least 4 members (excludes halogenated alkanes) is 1. The molecule has 1 nitrogen and oxygen atoms in total. The van der Waals surface area contributed by atoms with E-state index in [-0.39, 0.29) is 0 Å². The summed E-state index contributed by atoms with van der Waals surface area (Å²) in [5.74, 6) is 2.56. The highest BCUT2D eigenvalue weighted by atomic mass is 32.2. The van der Waals surface area contributed by atoms with Crippen LogP contribution in [-0.4, -0.2) is 36.6 Å². The van der Waals surface area contributed by atoms with Gasteiger partial charge >= 0.3 is 0 Å². The first-order valence-corrected chi connectivity index (χ1v) is 7.85. The fraction of sp³-hybridized carbons (Fsp3) is 1.00. The molecular formula is C10H23NS2. The van der Waals surface area contributed by atoms with E-state index in [0.29, 0.717) is 0 Å². The molecule has 0 rings (SSSR count). The Bertz CT molecular complexity index is 98.9. The molecule has 1 atom stereocenters. The van der Waals surface area contributed by atoms with Gasteiger partial charge in [-0.25, -0.2) is 0 Å². The summed E-state index contributed by atoms with van der Waals surface area (Å²) in [6.07, 6.45) is 8.28. The molecule has 80 valence electrons. The highest BCUT2D eigenvalue weighted by Crippen LogP contribution is 2.02. The molecule has 0 aromatic carbocycles. The zero-order chi connectivity index (χ0) is 9.94. The fourth-order valence-corrected chi connectivity index (χ4v) is 2.45. The second-order valence-electron chi connectivity index (χ2n) is 3.21. The van der Waals surface area contributed by atoms with Crippen molar-refractivity contribution in [3.8, 4) is 0 Å². The summed E-state index contributed by atoms with van der Waals surface area (Å²) < 4.78 is 0. The van der Waals surface area contributed by atoms with Gasteiger partial charge in [0, 0.05) is 11.8 Å². The van der Waals surface area contributed by atoms with Gasteiger partial charge in [0.15, 0.2) is 0 Å². The lowest BCUT2D eigenvalue weighted by Gasteiger charge is -2.15. The van der Waals surface area contributed by atoms with Crippen molar-refractivity contribution in [2.45, 2.75) is 32.2 Å². The van der Waals surface area contributed by atoms with E-state index in [9.17, 15) is 0 Å². The topological polar surface area (TPSA) is 12.0 Å². The SMILES string of the molecule is CCC(CSC)NCCCCSC. The number of hydrogen-bond donors (Lipinski definition) is 1. The lowest BCUT2D eigenvalue weighted by atomic mass is 10.2. The molecule has 0 heterocycles. The first-order valence-electron chi connectivity index (χ1n) is 5.06. The van der Waals surface area contributed by atoms with Crippen molar-refractivity contribution in [3.63, 3.8) is 0 Å². The van der Waals surface area contributed by atoms with Crippen LogP contribution in [0.25, 0.3) is 0 Å². The van der Waals surface area contributed by atoms with E-state index in [2.05, 4.69) is 24.8 Å². The van der Waals surface area contributed by atoms with Crippen molar-refractivity contribution < 1.29 is 0 Å². The third-order valence-corrected chi connectivity index (χ3v) is 3.50. The molecule has 0 bridgehead atoms. The summed E-state index contributed by atoms with van der Waals surface area (Å²) in [5.41, 5.74) is 0. The molecule has 0 saturated carbocycles.